The average molecular weight is 274 g/mol. The summed E-state index contributed by atoms with van der Waals surface area (Å²) in [6.45, 7) is 4.28. The maximum absolute atomic E-state index is 11.3. The van der Waals surface area contributed by atoms with E-state index in [9.17, 15) is 4.79 Å². The van der Waals surface area contributed by atoms with E-state index in [1.54, 1.807) is 18.5 Å². The van der Waals surface area contributed by atoms with Crippen molar-refractivity contribution >= 4 is 5.97 Å². The third kappa shape index (κ3) is 3.42. The Hall–Kier alpha value is -2.21. The molecule has 106 valence electrons. The number of carbonyl (C=O) groups is 1. The van der Waals surface area contributed by atoms with Crippen LogP contribution in [0.5, 0.6) is 0 Å². The van der Waals surface area contributed by atoms with Gasteiger partial charge in [-0.05, 0) is 24.6 Å². The number of nitrogens with one attached hydrogen (secondary N) is 1. The van der Waals surface area contributed by atoms with Crippen LogP contribution in [0.2, 0.25) is 0 Å². The first-order valence-electron chi connectivity index (χ1n) is 6.49. The zero-order valence-corrected chi connectivity index (χ0v) is 11.7. The van der Waals surface area contributed by atoms with Crippen molar-refractivity contribution in [3.05, 3.63) is 47.5 Å². The lowest BCUT2D eigenvalue weighted by Gasteiger charge is -2.06. The smallest absolute Gasteiger partial charge is 0.337 e. The molecule has 0 spiro atoms. The molecule has 0 saturated heterocycles. The van der Waals surface area contributed by atoms with Crippen LogP contribution >= 0.6 is 0 Å². The van der Waals surface area contributed by atoms with Crippen molar-refractivity contribution in [2.24, 2.45) is 0 Å². The summed E-state index contributed by atoms with van der Waals surface area (Å²) in [6, 6.07) is 7.34. The van der Waals surface area contributed by atoms with Gasteiger partial charge >= 0.3 is 5.97 Å². The number of aromatic nitrogens is 3. The zero-order valence-electron chi connectivity index (χ0n) is 11.7. The normalized spacial score (nSPS) is 10.5. The zero-order chi connectivity index (χ0) is 14.4. The van der Waals surface area contributed by atoms with Crippen LogP contribution in [-0.4, -0.2) is 27.8 Å². The van der Waals surface area contributed by atoms with Crippen LogP contribution in [0.3, 0.4) is 0 Å². The van der Waals surface area contributed by atoms with Gasteiger partial charge in [0.15, 0.2) is 0 Å². The largest absolute Gasteiger partial charge is 0.465 e. The number of hydrogen-bond acceptors (Lipinski definition) is 5. The van der Waals surface area contributed by atoms with Gasteiger partial charge in [0.1, 0.15) is 12.2 Å². The number of methoxy groups -OCH3 is 1. The van der Waals surface area contributed by atoms with Gasteiger partial charge in [-0.2, -0.15) is 0 Å². The highest BCUT2D eigenvalue weighted by Gasteiger charge is 2.05. The lowest BCUT2D eigenvalue weighted by molar-refractivity contribution is 0.0600. The standard InChI is InChI=1S/C14H18N4O2/c1-3-18-10-16-17-13(18)9-15-8-11-4-6-12(7-5-11)14(19)20-2/h4-7,10,15H,3,8-9H2,1-2H3. The molecule has 1 N–H and O–H groups in total. The van der Waals surface area contributed by atoms with Crippen molar-refractivity contribution in [1.29, 1.82) is 0 Å². The molecule has 1 aromatic heterocycles. The summed E-state index contributed by atoms with van der Waals surface area (Å²) in [5, 5.41) is 11.2. The number of carbonyl (C=O) groups excluding carboxylic acids is 1. The predicted octanol–water partition coefficient (Wildman–Crippen LogP) is 1.37. The number of hydrogen-bond donors (Lipinski definition) is 1. The van der Waals surface area contributed by atoms with E-state index in [2.05, 4.69) is 27.2 Å². The van der Waals surface area contributed by atoms with Crippen LogP contribution in [0.1, 0.15) is 28.7 Å². The Morgan fingerprint density at radius 2 is 2.05 bits per heavy atom. The molecule has 0 aliphatic rings. The molecule has 0 aliphatic carbocycles. The van der Waals surface area contributed by atoms with Crippen LogP contribution in [0.4, 0.5) is 0 Å². The lowest BCUT2D eigenvalue weighted by atomic mass is 10.1. The molecule has 1 aromatic carbocycles. The summed E-state index contributed by atoms with van der Waals surface area (Å²) in [7, 11) is 1.38. The molecule has 0 unspecified atom stereocenters. The molecule has 0 radical (unpaired) electrons. The number of nitrogens with zero attached hydrogens (tertiary/aromatic N) is 3. The third-order valence-electron chi connectivity index (χ3n) is 3.02. The van der Waals surface area contributed by atoms with E-state index in [0.29, 0.717) is 18.7 Å². The fourth-order valence-corrected chi connectivity index (χ4v) is 1.88. The van der Waals surface area contributed by atoms with E-state index >= 15 is 0 Å². The van der Waals surface area contributed by atoms with Crippen LogP contribution < -0.4 is 5.32 Å². The van der Waals surface area contributed by atoms with E-state index in [4.69, 9.17) is 0 Å². The van der Waals surface area contributed by atoms with Gasteiger partial charge in [0.2, 0.25) is 0 Å². The molecule has 20 heavy (non-hydrogen) atoms. The second-order valence-corrected chi connectivity index (χ2v) is 4.33. The summed E-state index contributed by atoms with van der Waals surface area (Å²) >= 11 is 0. The van der Waals surface area contributed by atoms with E-state index < -0.39 is 0 Å². The maximum atomic E-state index is 11.3. The summed E-state index contributed by atoms with van der Waals surface area (Å²) in [5.41, 5.74) is 1.65. The van der Waals surface area contributed by atoms with Crippen molar-refractivity contribution < 1.29 is 9.53 Å². The predicted molar refractivity (Wildman–Crippen MR) is 74.0 cm³/mol. The van der Waals surface area contributed by atoms with Gasteiger partial charge in [0, 0.05) is 13.1 Å². The summed E-state index contributed by atoms with van der Waals surface area (Å²) in [5.74, 6) is 0.597. The summed E-state index contributed by atoms with van der Waals surface area (Å²) in [6.07, 6.45) is 1.72. The Morgan fingerprint density at radius 1 is 1.30 bits per heavy atom. The first-order valence-corrected chi connectivity index (χ1v) is 6.49. The average Bonchev–Trinajstić information content (AvgIpc) is 2.94. The van der Waals surface area contributed by atoms with E-state index in [-0.39, 0.29) is 5.97 Å². The molecule has 6 heteroatoms. The van der Waals surface area contributed by atoms with Crippen LogP contribution in [-0.2, 0) is 24.4 Å². The molecule has 0 aliphatic heterocycles. The molecule has 6 nitrogen and oxygen atoms in total. The van der Waals surface area contributed by atoms with Crippen LogP contribution in [0.25, 0.3) is 0 Å². The Kier molecular flexibility index (Phi) is 4.84. The van der Waals surface area contributed by atoms with Crippen molar-refractivity contribution in [2.45, 2.75) is 26.6 Å². The molecule has 0 fully saturated rings. The van der Waals surface area contributed by atoms with E-state index in [1.807, 2.05) is 16.7 Å². The molecule has 2 rings (SSSR count). The monoisotopic (exact) mass is 274 g/mol. The third-order valence-corrected chi connectivity index (χ3v) is 3.02. The van der Waals surface area contributed by atoms with Gasteiger partial charge in [-0.15, -0.1) is 10.2 Å². The molecule has 0 saturated carbocycles. The molecule has 0 bridgehead atoms. The first kappa shape index (κ1) is 14.2. The van der Waals surface area contributed by atoms with Gasteiger partial charge in [-0.25, -0.2) is 4.79 Å². The SMILES string of the molecule is CCn1cnnc1CNCc1ccc(C(=O)OC)cc1. The van der Waals surface area contributed by atoms with Gasteiger partial charge in [-0.3, -0.25) is 0 Å². The summed E-state index contributed by atoms with van der Waals surface area (Å²) < 4.78 is 6.65. The fourth-order valence-electron chi connectivity index (χ4n) is 1.88. The number of benzene rings is 1. The minimum Gasteiger partial charge on any atom is -0.465 e. The highest BCUT2D eigenvalue weighted by molar-refractivity contribution is 5.89. The van der Waals surface area contributed by atoms with E-state index in [1.165, 1.54) is 7.11 Å². The highest BCUT2D eigenvalue weighted by atomic mass is 16.5. The van der Waals surface area contributed by atoms with Crippen LogP contribution in [0.15, 0.2) is 30.6 Å². The molecular weight excluding hydrogens is 256 g/mol. The van der Waals surface area contributed by atoms with Gasteiger partial charge in [-0.1, -0.05) is 12.1 Å². The van der Waals surface area contributed by atoms with Gasteiger partial charge < -0.3 is 14.6 Å². The minimum absolute atomic E-state index is 0.319. The molecular formula is C14H18N4O2. The number of ether oxygens (including phenoxy) is 1. The van der Waals surface area contributed by atoms with Gasteiger partial charge in [0.05, 0.1) is 19.2 Å². The van der Waals surface area contributed by atoms with Gasteiger partial charge in [0.25, 0.3) is 0 Å². The first-order chi connectivity index (χ1) is 9.74. The number of aryl methyl sites for hydroxylation is 1. The van der Waals surface area contributed by atoms with Crippen LogP contribution in [0, 0.1) is 0 Å². The molecule has 0 amide bonds. The Bertz CT molecular complexity index is 563. The topological polar surface area (TPSA) is 69.0 Å². The van der Waals surface area contributed by atoms with Crippen molar-refractivity contribution in [3.8, 4) is 0 Å². The Labute approximate surface area is 117 Å². The number of rotatable bonds is 6. The maximum Gasteiger partial charge on any atom is 0.337 e. The molecule has 2 aromatic rings. The van der Waals surface area contributed by atoms with Crippen molar-refractivity contribution in [3.63, 3.8) is 0 Å². The molecule has 0 atom stereocenters. The second-order valence-electron chi connectivity index (χ2n) is 4.33. The summed E-state index contributed by atoms with van der Waals surface area (Å²) in [4.78, 5) is 11.3. The Morgan fingerprint density at radius 3 is 2.70 bits per heavy atom. The van der Waals surface area contributed by atoms with E-state index in [0.717, 1.165) is 17.9 Å². The molecule has 1 heterocycles. The van der Waals surface area contributed by atoms with Crippen molar-refractivity contribution in [1.82, 2.24) is 20.1 Å². The minimum atomic E-state index is -0.319. The number of esters is 1. The highest BCUT2D eigenvalue weighted by Crippen LogP contribution is 2.06. The lowest BCUT2D eigenvalue weighted by Crippen LogP contribution is -2.16. The quantitative estimate of drug-likeness (QED) is 0.806. The second kappa shape index (κ2) is 6.81. The Balaban J connectivity index is 1.87. The fraction of sp³-hybridized carbons (Fsp3) is 0.357. The van der Waals surface area contributed by atoms with Crippen molar-refractivity contribution in [2.75, 3.05) is 7.11 Å².